The highest BCUT2D eigenvalue weighted by Gasteiger charge is 2.29. The summed E-state index contributed by atoms with van der Waals surface area (Å²) in [5.41, 5.74) is 5.14. The Kier molecular flexibility index (Phi) is 3.60. The molecular weight excluding hydrogens is 271 g/mol. The van der Waals surface area contributed by atoms with Crippen LogP contribution >= 0.6 is 0 Å². The van der Waals surface area contributed by atoms with Crippen LogP contribution in [0.1, 0.15) is 15.9 Å². The van der Waals surface area contributed by atoms with Crippen LogP contribution in [0.3, 0.4) is 0 Å². The number of halogens is 3. The molecule has 0 saturated carbocycles. The maximum Gasteiger partial charge on any atom is 0.416 e. The molecule has 20 heavy (non-hydrogen) atoms. The van der Waals surface area contributed by atoms with E-state index in [1.807, 2.05) is 0 Å². The summed E-state index contributed by atoms with van der Waals surface area (Å²) in [7, 11) is 0. The summed E-state index contributed by atoms with van der Waals surface area (Å²) in [5.74, 6) is -0.201. The molecule has 1 aromatic carbocycles. The standard InChI is InChI=1S/C13H10F3N3O/c14-13(15,16)9-2-4-10(5-3-9)19-12(20)8-1-6-11(17)18-7-8/h1-7H,(H2,17,18)(H,19,20). The number of hydrogen-bond acceptors (Lipinski definition) is 3. The second-order valence-corrected chi connectivity index (χ2v) is 4.00. The van der Waals surface area contributed by atoms with Gasteiger partial charge in [0.15, 0.2) is 0 Å². The van der Waals surface area contributed by atoms with E-state index < -0.39 is 17.6 Å². The Labute approximate surface area is 112 Å². The fraction of sp³-hybridized carbons (Fsp3) is 0.0769. The van der Waals surface area contributed by atoms with Gasteiger partial charge in [-0.1, -0.05) is 0 Å². The first-order chi connectivity index (χ1) is 9.36. The number of alkyl halides is 3. The Bertz CT molecular complexity index is 606. The highest BCUT2D eigenvalue weighted by Crippen LogP contribution is 2.29. The SMILES string of the molecule is Nc1ccc(C(=O)Nc2ccc(C(F)(F)F)cc2)cn1. The smallest absolute Gasteiger partial charge is 0.384 e. The van der Waals surface area contributed by atoms with E-state index in [1.165, 1.54) is 30.5 Å². The van der Waals surface area contributed by atoms with E-state index in [-0.39, 0.29) is 17.1 Å². The van der Waals surface area contributed by atoms with Crippen molar-refractivity contribution in [2.75, 3.05) is 11.1 Å². The lowest BCUT2D eigenvalue weighted by atomic mass is 10.2. The lowest BCUT2D eigenvalue weighted by molar-refractivity contribution is -0.137. The zero-order valence-corrected chi connectivity index (χ0v) is 10.1. The number of benzene rings is 1. The molecule has 4 nitrogen and oxygen atoms in total. The van der Waals surface area contributed by atoms with Crippen molar-refractivity contribution in [3.8, 4) is 0 Å². The number of anilines is 2. The van der Waals surface area contributed by atoms with E-state index in [0.717, 1.165) is 12.1 Å². The summed E-state index contributed by atoms with van der Waals surface area (Å²) in [6.45, 7) is 0. The van der Waals surface area contributed by atoms with Crippen molar-refractivity contribution in [1.82, 2.24) is 4.98 Å². The van der Waals surface area contributed by atoms with E-state index in [9.17, 15) is 18.0 Å². The van der Waals surface area contributed by atoms with Gasteiger partial charge in [0.1, 0.15) is 5.82 Å². The Morgan fingerprint density at radius 3 is 2.25 bits per heavy atom. The zero-order chi connectivity index (χ0) is 14.8. The number of nitrogens with two attached hydrogens (primary N) is 1. The number of hydrogen-bond donors (Lipinski definition) is 2. The number of nitrogen functional groups attached to an aromatic ring is 1. The van der Waals surface area contributed by atoms with Gasteiger partial charge in [0.05, 0.1) is 11.1 Å². The topological polar surface area (TPSA) is 68.0 Å². The summed E-state index contributed by atoms with van der Waals surface area (Å²) in [4.78, 5) is 15.5. The molecule has 1 amide bonds. The number of pyridine rings is 1. The molecule has 3 N–H and O–H groups in total. The highest BCUT2D eigenvalue weighted by atomic mass is 19.4. The normalized spacial score (nSPS) is 11.2. The van der Waals surface area contributed by atoms with Gasteiger partial charge in [-0.2, -0.15) is 13.2 Å². The van der Waals surface area contributed by atoms with Gasteiger partial charge in [-0.3, -0.25) is 4.79 Å². The monoisotopic (exact) mass is 281 g/mol. The number of carbonyl (C=O) groups is 1. The molecule has 2 rings (SSSR count). The number of nitrogens with zero attached hydrogens (tertiary/aromatic N) is 1. The maximum atomic E-state index is 12.4. The number of amides is 1. The molecule has 0 saturated heterocycles. The average molecular weight is 281 g/mol. The summed E-state index contributed by atoms with van der Waals surface area (Å²) >= 11 is 0. The van der Waals surface area contributed by atoms with Gasteiger partial charge in [-0.05, 0) is 36.4 Å². The Balaban J connectivity index is 2.10. The Hall–Kier alpha value is -2.57. The molecule has 0 fully saturated rings. The van der Waals surface area contributed by atoms with Crippen LogP contribution < -0.4 is 11.1 Å². The van der Waals surface area contributed by atoms with E-state index in [4.69, 9.17) is 5.73 Å². The van der Waals surface area contributed by atoms with E-state index in [2.05, 4.69) is 10.3 Å². The molecule has 0 aliphatic carbocycles. The first-order valence-electron chi connectivity index (χ1n) is 5.56. The van der Waals surface area contributed by atoms with Gasteiger partial charge in [0.25, 0.3) is 5.91 Å². The Morgan fingerprint density at radius 2 is 1.75 bits per heavy atom. The maximum absolute atomic E-state index is 12.4. The fourth-order valence-corrected chi connectivity index (χ4v) is 1.49. The van der Waals surface area contributed by atoms with Crippen molar-refractivity contribution in [1.29, 1.82) is 0 Å². The predicted octanol–water partition coefficient (Wildman–Crippen LogP) is 2.93. The first-order valence-corrected chi connectivity index (χ1v) is 5.56. The predicted molar refractivity (Wildman–Crippen MR) is 68.0 cm³/mol. The molecule has 2 aromatic rings. The van der Waals surface area contributed by atoms with Crippen LogP contribution in [0.15, 0.2) is 42.6 Å². The molecule has 0 spiro atoms. The van der Waals surface area contributed by atoms with Gasteiger partial charge in [0.2, 0.25) is 0 Å². The third-order valence-corrected chi connectivity index (χ3v) is 2.52. The lowest BCUT2D eigenvalue weighted by Crippen LogP contribution is -2.13. The van der Waals surface area contributed by atoms with Crippen molar-refractivity contribution < 1.29 is 18.0 Å². The summed E-state index contributed by atoms with van der Waals surface area (Å²) < 4.78 is 37.1. The van der Waals surface area contributed by atoms with Crippen molar-refractivity contribution in [2.45, 2.75) is 6.18 Å². The average Bonchev–Trinajstić information content (AvgIpc) is 2.39. The van der Waals surface area contributed by atoms with E-state index in [0.29, 0.717) is 0 Å². The number of rotatable bonds is 2. The van der Waals surface area contributed by atoms with Crippen molar-refractivity contribution >= 4 is 17.4 Å². The molecule has 0 radical (unpaired) electrons. The molecule has 0 bridgehead atoms. The van der Waals surface area contributed by atoms with Gasteiger partial charge >= 0.3 is 6.18 Å². The molecule has 0 aliphatic heterocycles. The fourth-order valence-electron chi connectivity index (χ4n) is 1.49. The second kappa shape index (κ2) is 5.20. The zero-order valence-electron chi connectivity index (χ0n) is 10.1. The highest BCUT2D eigenvalue weighted by molar-refractivity contribution is 6.04. The summed E-state index contributed by atoms with van der Waals surface area (Å²) in [6, 6.07) is 7.11. The van der Waals surface area contributed by atoms with Crippen molar-refractivity contribution in [3.05, 3.63) is 53.7 Å². The van der Waals surface area contributed by atoms with Crippen LogP contribution in [-0.4, -0.2) is 10.9 Å². The molecule has 1 heterocycles. The Morgan fingerprint density at radius 1 is 1.10 bits per heavy atom. The van der Waals surface area contributed by atoms with Gasteiger partial charge in [-0.25, -0.2) is 4.98 Å². The quantitative estimate of drug-likeness (QED) is 0.889. The third-order valence-electron chi connectivity index (χ3n) is 2.52. The molecule has 0 aliphatic rings. The van der Waals surface area contributed by atoms with Crippen LogP contribution in [0.5, 0.6) is 0 Å². The number of nitrogens with one attached hydrogen (secondary N) is 1. The molecule has 104 valence electrons. The van der Waals surface area contributed by atoms with Crippen LogP contribution in [0.2, 0.25) is 0 Å². The van der Waals surface area contributed by atoms with E-state index >= 15 is 0 Å². The lowest BCUT2D eigenvalue weighted by Gasteiger charge is -2.08. The number of carbonyl (C=O) groups excluding carboxylic acids is 1. The minimum atomic E-state index is -4.40. The van der Waals surface area contributed by atoms with Crippen LogP contribution in [0.25, 0.3) is 0 Å². The summed E-state index contributed by atoms with van der Waals surface area (Å²) in [6.07, 6.45) is -3.11. The molecule has 7 heteroatoms. The minimum Gasteiger partial charge on any atom is -0.384 e. The van der Waals surface area contributed by atoms with E-state index in [1.54, 1.807) is 0 Å². The first kappa shape index (κ1) is 13.9. The van der Waals surface area contributed by atoms with Crippen LogP contribution in [0.4, 0.5) is 24.7 Å². The van der Waals surface area contributed by atoms with Crippen LogP contribution in [0, 0.1) is 0 Å². The summed E-state index contributed by atoms with van der Waals surface area (Å²) in [5, 5.41) is 2.47. The largest absolute Gasteiger partial charge is 0.416 e. The van der Waals surface area contributed by atoms with Crippen LogP contribution in [-0.2, 0) is 6.18 Å². The molecule has 1 aromatic heterocycles. The molecule has 0 atom stereocenters. The molecule has 0 unspecified atom stereocenters. The molecular formula is C13H10F3N3O. The second-order valence-electron chi connectivity index (χ2n) is 4.00. The van der Waals surface area contributed by atoms with Crippen molar-refractivity contribution in [2.24, 2.45) is 0 Å². The van der Waals surface area contributed by atoms with Gasteiger partial charge in [-0.15, -0.1) is 0 Å². The minimum absolute atomic E-state index is 0.263. The van der Waals surface area contributed by atoms with Gasteiger partial charge < -0.3 is 11.1 Å². The van der Waals surface area contributed by atoms with Crippen molar-refractivity contribution in [3.63, 3.8) is 0 Å². The van der Waals surface area contributed by atoms with Gasteiger partial charge in [0, 0.05) is 11.9 Å². The third kappa shape index (κ3) is 3.25. The number of aromatic nitrogens is 1.